The van der Waals surface area contributed by atoms with Gasteiger partial charge in [0.05, 0.1) is 27.7 Å². The van der Waals surface area contributed by atoms with Crippen LogP contribution in [0.1, 0.15) is 21.5 Å². The number of aromatic nitrogens is 2. The van der Waals surface area contributed by atoms with Crippen LogP contribution < -0.4 is 5.32 Å². The quantitative estimate of drug-likeness (QED) is 0.519. The third kappa shape index (κ3) is 4.60. The van der Waals surface area contributed by atoms with E-state index in [1.807, 2.05) is 0 Å². The minimum Gasteiger partial charge on any atom is -0.305 e. The average Bonchev–Trinajstić information content (AvgIpc) is 3.02. The Labute approximate surface area is 172 Å². The van der Waals surface area contributed by atoms with Gasteiger partial charge >= 0.3 is 6.18 Å². The second-order valence-electron chi connectivity index (χ2n) is 5.75. The van der Waals surface area contributed by atoms with Crippen molar-refractivity contribution in [3.05, 3.63) is 80.4 Å². The normalized spacial score (nSPS) is 11.5. The molecule has 0 fully saturated rings. The van der Waals surface area contributed by atoms with Crippen molar-refractivity contribution in [3.8, 4) is 0 Å². The summed E-state index contributed by atoms with van der Waals surface area (Å²) in [6.07, 6.45) is -3.11. The van der Waals surface area contributed by atoms with Crippen molar-refractivity contribution in [1.29, 1.82) is 0 Å². The van der Waals surface area contributed by atoms with Gasteiger partial charge in [-0.1, -0.05) is 46.9 Å². The number of amides is 1. The average molecular weight is 449 g/mol. The highest BCUT2D eigenvalue weighted by atomic mass is 35.5. The Morgan fingerprint density at radius 3 is 2.39 bits per heavy atom. The molecule has 10 heteroatoms. The predicted octanol–water partition coefficient (Wildman–Crippen LogP) is 6.16. The van der Waals surface area contributed by atoms with Crippen LogP contribution >= 0.6 is 34.8 Å². The number of anilines is 1. The molecule has 28 heavy (non-hydrogen) atoms. The Balaban J connectivity index is 1.80. The lowest BCUT2D eigenvalue weighted by Gasteiger charge is -2.13. The van der Waals surface area contributed by atoms with Crippen LogP contribution in [0.15, 0.2) is 48.7 Å². The van der Waals surface area contributed by atoms with Gasteiger partial charge in [0.1, 0.15) is 0 Å². The maximum atomic E-state index is 13.2. The number of carbonyl (C=O) groups is 1. The first-order chi connectivity index (χ1) is 13.1. The van der Waals surface area contributed by atoms with Crippen LogP contribution in [0.3, 0.4) is 0 Å². The zero-order valence-electron chi connectivity index (χ0n) is 13.9. The monoisotopic (exact) mass is 447 g/mol. The van der Waals surface area contributed by atoms with Gasteiger partial charge < -0.3 is 5.32 Å². The minimum atomic E-state index is -4.55. The minimum absolute atomic E-state index is 0.00738. The Hall–Kier alpha value is -2.22. The number of rotatable bonds is 4. The molecule has 1 aromatic heterocycles. The second kappa shape index (κ2) is 8.03. The lowest BCUT2D eigenvalue weighted by Crippen LogP contribution is -2.15. The van der Waals surface area contributed by atoms with Gasteiger partial charge in [0.15, 0.2) is 5.82 Å². The molecule has 1 heterocycles. The summed E-state index contributed by atoms with van der Waals surface area (Å²) < 4.78 is 40.9. The molecule has 3 rings (SSSR count). The fourth-order valence-corrected chi connectivity index (χ4v) is 3.28. The van der Waals surface area contributed by atoms with Crippen molar-refractivity contribution >= 4 is 46.5 Å². The number of carbonyl (C=O) groups excluding carboxylic acids is 1. The molecular formula is C18H11Cl3F3N3O. The van der Waals surface area contributed by atoms with E-state index in [1.165, 1.54) is 41.2 Å². The first-order valence-electron chi connectivity index (χ1n) is 7.79. The highest BCUT2D eigenvalue weighted by molar-refractivity contribution is 6.40. The van der Waals surface area contributed by atoms with Crippen molar-refractivity contribution < 1.29 is 18.0 Å². The summed E-state index contributed by atoms with van der Waals surface area (Å²) in [7, 11) is 0. The van der Waals surface area contributed by atoms with Gasteiger partial charge in [-0.3, -0.25) is 9.48 Å². The highest BCUT2D eigenvalue weighted by Crippen LogP contribution is 2.34. The predicted molar refractivity (Wildman–Crippen MR) is 102 cm³/mol. The third-order valence-corrected chi connectivity index (χ3v) is 4.65. The van der Waals surface area contributed by atoms with Crippen LogP contribution in [-0.2, 0) is 12.7 Å². The summed E-state index contributed by atoms with van der Waals surface area (Å²) in [5.41, 5.74) is -0.770. The molecular weight excluding hydrogens is 438 g/mol. The molecule has 0 spiro atoms. The molecule has 0 saturated carbocycles. The van der Waals surface area contributed by atoms with Crippen molar-refractivity contribution in [3.63, 3.8) is 0 Å². The fourth-order valence-electron chi connectivity index (χ4n) is 2.53. The van der Waals surface area contributed by atoms with Crippen molar-refractivity contribution in [1.82, 2.24) is 9.78 Å². The van der Waals surface area contributed by atoms with E-state index in [9.17, 15) is 18.0 Å². The van der Waals surface area contributed by atoms with Crippen molar-refractivity contribution in [2.45, 2.75) is 12.7 Å². The first-order valence-corrected chi connectivity index (χ1v) is 8.93. The van der Waals surface area contributed by atoms with E-state index in [2.05, 4.69) is 10.4 Å². The van der Waals surface area contributed by atoms with E-state index >= 15 is 0 Å². The smallest absolute Gasteiger partial charge is 0.305 e. The van der Waals surface area contributed by atoms with Gasteiger partial charge in [-0.2, -0.15) is 18.3 Å². The molecule has 1 amide bonds. The molecule has 146 valence electrons. The fraction of sp³-hybridized carbons (Fsp3) is 0.111. The van der Waals surface area contributed by atoms with Crippen molar-refractivity contribution in [2.24, 2.45) is 0 Å². The Morgan fingerprint density at radius 2 is 1.75 bits per heavy atom. The van der Waals surface area contributed by atoms with Crippen molar-refractivity contribution in [2.75, 3.05) is 5.32 Å². The number of hydrogen-bond donors (Lipinski definition) is 1. The lowest BCUT2D eigenvalue weighted by atomic mass is 10.1. The summed E-state index contributed by atoms with van der Waals surface area (Å²) in [5, 5.41) is 6.91. The van der Waals surface area contributed by atoms with Gasteiger partial charge in [0.25, 0.3) is 5.91 Å². The number of halogens is 6. The molecule has 1 N–H and O–H groups in total. The number of benzene rings is 2. The van der Waals surface area contributed by atoms with E-state index in [4.69, 9.17) is 34.8 Å². The standard InChI is InChI=1S/C18H11Cl3F3N3O/c19-11-5-4-10(12(8-11)18(22,23)24)9-27-7-6-15(26-27)25-17(28)16-13(20)2-1-3-14(16)21/h1-8H,9H2,(H,25,26,28). The number of hydrogen-bond acceptors (Lipinski definition) is 2. The maximum Gasteiger partial charge on any atom is 0.416 e. The van der Waals surface area contributed by atoms with Gasteiger partial charge in [-0.15, -0.1) is 0 Å². The van der Waals surface area contributed by atoms with Crippen LogP contribution in [-0.4, -0.2) is 15.7 Å². The van der Waals surface area contributed by atoms with E-state index < -0.39 is 17.6 Å². The van der Waals surface area contributed by atoms with E-state index in [0.29, 0.717) is 0 Å². The molecule has 2 aromatic carbocycles. The number of nitrogens with zero attached hydrogens (tertiary/aromatic N) is 2. The zero-order chi connectivity index (χ0) is 20.5. The van der Waals surface area contributed by atoms with Gasteiger partial charge in [-0.25, -0.2) is 0 Å². The van der Waals surface area contributed by atoms with Gasteiger partial charge in [-0.05, 0) is 29.8 Å². The Bertz CT molecular complexity index is 1010. The van der Waals surface area contributed by atoms with Crippen LogP contribution in [0.25, 0.3) is 0 Å². The van der Waals surface area contributed by atoms with Crippen LogP contribution in [0.4, 0.5) is 19.0 Å². The largest absolute Gasteiger partial charge is 0.416 e. The molecule has 0 saturated heterocycles. The van der Waals surface area contributed by atoms with E-state index in [-0.39, 0.29) is 38.6 Å². The molecule has 0 aliphatic carbocycles. The first kappa shape index (κ1) is 20.5. The Kier molecular flexibility index (Phi) is 5.88. The highest BCUT2D eigenvalue weighted by Gasteiger charge is 2.33. The number of nitrogens with one attached hydrogen (secondary N) is 1. The van der Waals surface area contributed by atoms with Crippen LogP contribution in [0, 0.1) is 0 Å². The molecule has 0 aliphatic heterocycles. The Morgan fingerprint density at radius 1 is 1.07 bits per heavy atom. The lowest BCUT2D eigenvalue weighted by molar-refractivity contribution is -0.138. The molecule has 0 atom stereocenters. The molecule has 4 nitrogen and oxygen atoms in total. The molecule has 3 aromatic rings. The molecule has 0 unspecified atom stereocenters. The summed E-state index contributed by atoms with van der Waals surface area (Å²) in [4.78, 5) is 12.4. The summed E-state index contributed by atoms with van der Waals surface area (Å²) in [5.74, 6) is -0.438. The number of alkyl halides is 3. The molecule has 0 radical (unpaired) electrons. The van der Waals surface area contributed by atoms with Gasteiger partial charge in [0, 0.05) is 17.3 Å². The van der Waals surface area contributed by atoms with Gasteiger partial charge in [0.2, 0.25) is 0 Å². The zero-order valence-corrected chi connectivity index (χ0v) is 16.2. The summed E-state index contributed by atoms with van der Waals surface area (Å²) in [6, 6.07) is 9.60. The van der Waals surface area contributed by atoms with Crippen LogP contribution in [0.5, 0.6) is 0 Å². The van der Waals surface area contributed by atoms with E-state index in [1.54, 1.807) is 6.07 Å². The second-order valence-corrected chi connectivity index (χ2v) is 7.00. The SMILES string of the molecule is O=C(Nc1ccn(Cc2ccc(Cl)cc2C(F)(F)F)n1)c1c(Cl)cccc1Cl. The van der Waals surface area contributed by atoms with E-state index in [0.717, 1.165) is 6.07 Å². The maximum absolute atomic E-state index is 13.2. The topological polar surface area (TPSA) is 46.9 Å². The summed E-state index contributed by atoms with van der Waals surface area (Å²) >= 11 is 17.7. The molecule has 0 bridgehead atoms. The summed E-state index contributed by atoms with van der Waals surface area (Å²) in [6.45, 7) is -0.158. The third-order valence-electron chi connectivity index (χ3n) is 3.78. The van der Waals surface area contributed by atoms with Crippen LogP contribution in [0.2, 0.25) is 15.1 Å². The molecule has 0 aliphatic rings.